The normalized spacial score (nSPS) is 21.1. The zero-order valence-corrected chi connectivity index (χ0v) is 18.7. The lowest BCUT2D eigenvalue weighted by Crippen LogP contribution is -2.56. The Morgan fingerprint density at radius 1 is 0.655 bits per heavy atom. The molecule has 0 saturated carbocycles. The smallest absolute Gasteiger partial charge is 0.141 e. The van der Waals surface area contributed by atoms with Gasteiger partial charge in [-0.05, 0) is 24.8 Å². The predicted octanol–water partition coefficient (Wildman–Crippen LogP) is 5.07. The van der Waals surface area contributed by atoms with Crippen LogP contribution in [0.25, 0.3) is 0 Å². The van der Waals surface area contributed by atoms with Crippen molar-refractivity contribution < 1.29 is 0 Å². The molecule has 0 saturated heterocycles. The van der Waals surface area contributed by atoms with Gasteiger partial charge in [0, 0.05) is 52.0 Å². The van der Waals surface area contributed by atoms with Gasteiger partial charge in [0.2, 0.25) is 0 Å². The number of nitrogens with zero attached hydrogens (tertiary/aromatic N) is 4. The van der Waals surface area contributed by atoms with Gasteiger partial charge in [-0.1, -0.05) is 69.4 Å². The molecule has 2 unspecified atom stereocenters. The average molecular weight is 397 g/mol. The molecule has 0 amide bonds. The molecular formula is C25H40N4. The quantitative estimate of drug-likeness (QED) is 0.457. The molecule has 0 aliphatic carbocycles. The third-order valence-electron chi connectivity index (χ3n) is 6.26. The number of rotatable bonds is 12. The molecule has 0 fully saturated rings. The Morgan fingerprint density at radius 3 is 1.83 bits per heavy atom. The summed E-state index contributed by atoms with van der Waals surface area (Å²) in [5.74, 6) is 0. The molecule has 3 rings (SSSR count). The van der Waals surface area contributed by atoms with Gasteiger partial charge in [0.05, 0.1) is 0 Å². The van der Waals surface area contributed by atoms with Gasteiger partial charge in [0.25, 0.3) is 0 Å². The summed E-state index contributed by atoms with van der Waals surface area (Å²) < 4.78 is 0. The number of hydrogen-bond donors (Lipinski definition) is 0. The predicted molar refractivity (Wildman–Crippen MR) is 123 cm³/mol. The minimum atomic E-state index is 0.367. The van der Waals surface area contributed by atoms with Crippen molar-refractivity contribution in [2.45, 2.75) is 70.6 Å². The van der Waals surface area contributed by atoms with Gasteiger partial charge >= 0.3 is 0 Å². The molecule has 0 N–H and O–H groups in total. The van der Waals surface area contributed by atoms with Crippen molar-refractivity contribution in [3.05, 3.63) is 60.7 Å². The fourth-order valence-electron chi connectivity index (χ4n) is 4.56. The molecule has 1 aromatic carbocycles. The summed E-state index contributed by atoms with van der Waals surface area (Å²) in [7, 11) is 4.43. The van der Waals surface area contributed by atoms with Gasteiger partial charge in [0.15, 0.2) is 0 Å². The van der Waals surface area contributed by atoms with E-state index in [1.807, 2.05) is 0 Å². The molecule has 0 bridgehead atoms. The van der Waals surface area contributed by atoms with Gasteiger partial charge in [-0.2, -0.15) is 0 Å². The van der Waals surface area contributed by atoms with Crippen molar-refractivity contribution >= 4 is 0 Å². The van der Waals surface area contributed by atoms with E-state index in [1.54, 1.807) is 0 Å². The highest BCUT2D eigenvalue weighted by Gasteiger charge is 2.38. The fraction of sp³-hybridized carbons (Fsp3) is 0.600. The van der Waals surface area contributed by atoms with E-state index in [1.165, 1.54) is 50.5 Å². The minimum Gasteiger partial charge on any atom is -0.356 e. The van der Waals surface area contributed by atoms with Gasteiger partial charge in [0.1, 0.15) is 12.3 Å². The molecule has 4 nitrogen and oxygen atoms in total. The van der Waals surface area contributed by atoms with E-state index in [0.717, 1.165) is 19.5 Å². The summed E-state index contributed by atoms with van der Waals surface area (Å²) >= 11 is 0. The highest BCUT2D eigenvalue weighted by Crippen LogP contribution is 2.27. The monoisotopic (exact) mass is 396 g/mol. The van der Waals surface area contributed by atoms with E-state index in [-0.39, 0.29) is 0 Å². The van der Waals surface area contributed by atoms with E-state index >= 15 is 0 Å². The molecule has 2 aliphatic heterocycles. The molecule has 29 heavy (non-hydrogen) atoms. The first-order valence-electron chi connectivity index (χ1n) is 11.6. The summed E-state index contributed by atoms with van der Waals surface area (Å²) in [6.45, 7) is 4.53. The van der Waals surface area contributed by atoms with Crippen LogP contribution in [-0.4, -0.2) is 59.1 Å². The zero-order valence-electron chi connectivity index (χ0n) is 18.7. The Morgan fingerprint density at radius 2 is 1.21 bits per heavy atom. The van der Waals surface area contributed by atoms with Crippen LogP contribution >= 0.6 is 0 Å². The van der Waals surface area contributed by atoms with Gasteiger partial charge in [-0.25, -0.2) is 0 Å². The van der Waals surface area contributed by atoms with Crippen LogP contribution in [0.3, 0.4) is 0 Å². The van der Waals surface area contributed by atoms with Gasteiger partial charge in [-0.15, -0.1) is 0 Å². The first kappa shape index (κ1) is 21.6. The van der Waals surface area contributed by atoms with E-state index in [4.69, 9.17) is 0 Å². The first-order chi connectivity index (χ1) is 14.2. The second-order valence-corrected chi connectivity index (χ2v) is 8.59. The highest BCUT2D eigenvalue weighted by atomic mass is 15.5. The van der Waals surface area contributed by atoms with E-state index in [0.29, 0.717) is 12.3 Å². The lowest BCUT2D eigenvalue weighted by Gasteiger charge is -2.42. The third-order valence-corrected chi connectivity index (χ3v) is 6.26. The Balaban J connectivity index is 1.51. The van der Waals surface area contributed by atoms with Crippen LogP contribution in [0, 0.1) is 0 Å². The number of likely N-dealkylation sites (N-methyl/N-ethyl adjacent to an activating group) is 2. The molecule has 2 atom stereocenters. The Labute approximate surface area is 178 Å². The summed E-state index contributed by atoms with van der Waals surface area (Å²) in [5.41, 5.74) is 1.44. The van der Waals surface area contributed by atoms with Crippen LogP contribution in [0.5, 0.6) is 0 Å². The maximum Gasteiger partial charge on any atom is 0.141 e. The van der Waals surface area contributed by atoms with Crippen molar-refractivity contribution in [1.29, 1.82) is 0 Å². The molecule has 2 heterocycles. The van der Waals surface area contributed by atoms with E-state index in [2.05, 4.69) is 95.8 Å². The van der Waals surface area contributed by atoms with Crippen molar-refractivity contribution in [3.8, 4) is 0 Å². The molecule has 0 spiro atoms. The van der Waals surface area contributed by atoms with E-state index in [9.17, 15) is 0 Å². The Bertz CT molecular complexity index is 641. The second-order valence-electron chi connectivity index (χ2n) is 8.59. The highest BCUT2D eigenvalue weighted by molar-refractivity contribution is 5.15. The molecule has 160 valence electrons. The molecule has 2 aliphatic rings. The summed E-state index contributed by atoms with van der Waals surface area (Å²) in [5, 5.41) is 0. The topological polar surface area (TPSA) is 13.0 Å². The molecule has 0 aromatic heterocycles. The van der Waals surface area contributed by atoms with Crippen LogP contribution in [0.1, 0.15) is 57.4 Å². The summed E-state index contributed by atoms with van der Waals surface area (Å²) in [6.07, 6.45) is 20.2. The van der Waals surface area contributed by atoms with E-state index < -0.39 is 0 Å². The maximum absolute atomic E-state index is 2.55. The van der Waals surface area contributed by atoms with Crippen LogP contribution < -0.4 is 0 Å². The molecular weight excluding hydrogens is 356 g/mol. The maximum atomic E-state index is 2.55. The number of aryl methyl sites for hydroxylation is 1. The zero-order chi connectivity index (χ0) is 20.5. The van der Waals surface area contributed by atoms with Crippen molar-refractivity contribution in [3.63, 3.8) is 0 Å². The Hall–Kier alpha value is -2.10. The summed E-state index contributed by atoms with van der Waals surface area (Å²) in [4.78, 5) is 9.85. The van der Waals surface area contributed by atoms with Crippen LogP contribution in [0.4, 0.5) is 0 Å². The first-order valence-corrected chi connectivity index (χ1v) is 11.6. The second kappa shape index (κ2) is 11.2. The van der Waals surface area contributed by atoms with Gasteiger partial charge < -0.3 is 19.6 Å². The van der Waals surface area contributed by atoms with Crippen LogP contribution in [0.2, 0.25) is 0 Å². The number of benzene rings is 1. The van der Waals surface area contributed by atoms with Crippen molar-refractivity contribution in [1.82, 2.24) is 19.6 Å². The molecule has 1 aromatic rings. The Kier molecular flexibility index (Phi) is 8.33. The van der Waals surface area contributed by atoms with Gasteiger partial charge in [-0.3, -0.25) is 0 Å². The lowest BCUT2D eigenvalue weighted by molar-refractivity contribution is 0.0230. The van der Waals surface area contributed by atoms with Crippen molar-refractivity contribution in [2.75, 3.05) is 27.2 Å². The molecule has 0 radical (unpaired) electrons. The average Bonchev–Trinajstić information content (AvgIpc) is 3.27. The van der Waals surface area contributed by atoms with Crippen LogP contribution in [-0.2, 0) is 6.42 Å². The largest absolute Gasteiger partial charge is 0.356 e. The van der Waals surface area contributed by atoms with Crippen LogP contribution in [0.15, 0.2) is 55.1 Å². The number of hydrogen-bond acceptors (Lipinski definition) is 4. The summed E-state index contributed by atoms with van der Waals surface area (Å²) in [6, 6.07) is 10.8. The SMILES string of the molecule is CCCCCCCCN1C=CN(C)C1C1N(C)C=CN1CCCc1ccccc1. The number of unbranched alkanes of at least 4 members (excludes halogenated alkanes) is 5. The fourth-order valence-corrected chi connectivity index (χ4v) is 4.56. The molecule has 4 heteroatoms. The third kappa shape index (κ3) is 5.94. The lowest BCUT2D eigenvalue weighted by atomic mass is 10.1. The van der Waals surface area contributed by atoms with Crippen molar-refractivity contribution in [2.24, 2.45) is 0 Å². The standard InChI is InChI=1S/C25H40N4/c1-4-5-6-7-8-12-17-28-21-19-26(2)24(28)25-27(3)20-22-29(25)18-13-16-23-14-10-9-11-15-23/h9-11,14-15,19-22,24-25H,4-8,12-13,16-18H2,1-3H3. The minimum absolute atomic E-state index is 0.367.